The van der Waals surface area contributed by atoms with Crippen LogP contribution < -0.4 is 10.6 Å². The fourth-order valence-electron chi connectivity index (χ4n) is 3.35. The number of halogens is 1. The van der Waals surface area contributed by atoms with Gasteiger partial charge in [0.25, 0.3) is 0 Å². The standard InChI is InChI=1S/C20H31N5S2.HI/c1-3-16-14-23-19(27-16)9-10-22-20(21-4-2)24-15-17(18-8-7-13-26-18)25-11-5-6-12-25;/h7-8,13-14,17H,3-6,9-12,15H2,1-2H3,(H2,21,22,24);1H. The second-order valence-corrected chi connectivity index (χ2v) is 8.92. The fourth-order valence-corrected chi connectivity index (χ4v) is 5.07. The van der Waals surface area contributed by atoms with E-state index in [9.17, 15) is 0 Å². The van der Waals surface area contributed by atoms with Gasteiger partial charge in [0.15, 0.2) is 5.96 Å². The molecule has 28 heavy (non-hydrogen) atoms. The van der Waals surface area contributed by atoms with Crippen LogP contribution in [0.15, 0.2) is 28.7 Å². The zero-order chi connectivity index (χ0) is 18.9. The number of hydrogen-bond donors (Lipinski definition) is 2. The third-order valence-corrected chi connectivity index (χ3v) is 6.98. The third-order valence-electron chi connectivity index (χ3n) is 4.80. The summed E-state index contributed by atoms with van der Waals surface area (Å²) in [5, 5.41) is 10.2. The third kappa shape index (κ3) is 6.96. The maximum atomic E-state index is 4.91. The lowest BCUT2D eigenvalue weighted by Gasteiger charge is -2.25. The minimum atomic E-state index is 0. The summed E-state index contributed by atoms with van der Waals surface area (Å²) in [5.74, 6) is 0.908. The van der Waals surface area contributed by atoms with E-state index in [1.807, 2.05) is 28.9 Å². The Balaban J connectivity index is 0.00000280. The number of thiophene rings is 1. The van der Waals surface area contributed by atoms with E-state index < -0.39 is 0 Å². The topological polar surface area (TPSA) is 52.6 Å². The van der Waals surface area contributed by atoms with Crippen molar-refractivity contribution in [1.82, 2.24) is 20.5 Å². The molecule has 0 amide bonds. The molecule has 0 saturated carbocycles. The van der Waals surface area contributed by atoms with Crippen LogP contribution >= 0.6 is 46.7 Å². The van der Waals surface area contributed by atoms with Crippen LogP contribution in [0.3, 0.4) is 0 Å². The summed E-state index contributed by atoms with van der Waals surface area (Å²) in [5.41, 5.74) is 0. The zero-order valence-corrected chi connectivity index (χ0v) is 20.8. The maximum absolute atomic E-state index is 4.91. The number of aliphatic imine (C=N–C) groups is 1. The first-order valence-corrected chi connectivity index (χ1v) is 11.7. The van der Waals surface area contributed by atoms with E-state index in [1.54, 1.807) is 0 Å². The molecular weight excluding hydrogens is 501 g/mol. The van der Waals surface area contributed by atoms with E-state index in [1.165, 1.54) is 40.7 Å². The van der Waals surface area contributed by atoms with Crippen LogP contribution in [0.4, 0.5) is 0 Å². The summed E-state index contributed by atoms with van der Waals surface area (Å²) in [4.78, 5) is 14.8. The highest BCUT2D eigenvalue weighted by Gasteiger charge is 2.24. The lowest BCUT2D eigenvalue weighted by atomic mass is 10.2. The fraction of sp³-hybridized carbons (Fsp3) is 0.600. The molecule has 2 aromatic heterocycles. The molecule has 8 heteroatoms. The van der Waals surface area contributed by atoms with E-state index in [0.717, 1.165) is 38.4 Å². The molecule has 1 aliphatic rings. The molecule has 1 fully saturated rings. The summed E-state index contributed by atoms with van der Waals surface area (Å²) in [6.07, 6.45) is 6.61. The molecule has 0 spiro atoms. The summed E-state index contributed by atoms with van der Waals surface area (Å²) < 4.78 is 0. The zero-order valence-electron chi connectivity index (χ0n) is 16.8. The van der Waals surface area contributed by atoms with E-state index >= 15 is 0 Å². The normalized spacial score (nSPS) is 16.0. The molecule has 0 aliphatic carbocycles. The summed E-state index contributed by atoms with van der Waals surface area (Å²) in [6.45, 7) is 9.19. The first-order chi connectivity index (χ1) is 13.3. The molecule has 0 aromatic carbocycles. The van der Waals surface area contributed by atoms with Crippen molar-refractivity contribution in [2.24, 2.45) is 4.99 Å². The van der Waals surface area contributed by atoms with Crippen molar-refractivity contribution in [3.05, 3.63) is 38.5 Å². The van der Waals surface area contributed by atoms with E-state index in [2.05, 4.69) is 51.9 Å². The van der Waals surface area contributed by atoms with Gasteiger partial charge in [0.05, 0.1) is 17.6 Å². The average molecular weight is 534 g/mol. The Morgan fingerprint density at radius 2 is 2.11 bits per heavy atom. The van der Waals surface area contributed by atoms with Gasteiger partial charge in [-0.05, 0) is 50.7 Å². The first-order valence-electron chi connectivity index (χ1n) is 10.0. The van der Waals surface area contributed by atoms with Crippen molar-refractivity contribution >= 4 is 52.6 Å². The number of thiazole rings is 1. The molecule has 0 bridgehead atoms. The van der Waals surface area contributed by atoms with Crippen LogP contribution in [-0.2, 0) is 12.8 Å². The largest absolute Gasteiger partial charge is 0.357 e. The molecule has 1 unspecified atom stereocenters. The number of likely N-dealkylation sites (tertiary alicyclic amines) is 1. The van der Waals surface area contributed by atoms with Gasteiger partial charge in [-0.25, -0.2) is 4.98 Å². The van der Waals surface area contributed by atoms with Gasteiger partial charge < -0.3 is 10.6 Å². The average Bonchev–Trinajstić information content (AvgIpc) is 3.44. The van der Waals surface area contributed by atoms with Gasteiger partial charge >= 0.3 is 0 Å². The second-order valence-electron chi connectivity index (χ2n) is 6.74. The van der Waals surface area contributed by atoms with Gasteiger partial charge in [-0.15, -0.1) is 46.7 Å². The number of aromatic nitrogens is 1. The first kappa shape index (κ1) is 23.6. The lowest BCUT2D eigenvalue weighted by molar-refractivity contribution is 0.255. The number of guanidine groups is 1. The van der Waals surface area contributed by atoms with Crippen molar-refractivity contribution in [3.8, 4) is 0 Å². The molecule has 1 atom stereocenters. The van der Waals surface area contributed by atoms with Gasteiger partial charge in [-0.2, -0.15) is 0 Å². The molecule has 156 valence electrons. The number of hydrogen-bond acceptors (Lipinski definition) is 5. The minimum Gasteiger partial charge on any atom is -0.357 e. The molecule has 0 radical (unpaired) electrons. The monoisotopic (exact) mass is 533 g/mol. The predicted molar refractivity (Wildman–Crippen MR) is 132 cm³/mol. The van der Waals surface area contributed by atoms with Crippen LogP contribution in [0.1, 0.15) is 47.5 Å². The molecule has 2 N–H and O–H groups in total. The molecule has 5 nitrogen and oxygen atoms in total. The number of nitrogens with one attached hydrogen (secondary N) is 2. The van der Waals surface area contributed by atoms with Gasteiger partial charge in [0.1, 0.15) is 0 Å². The minimum absolute atomic E-state index is 0. The van der Waals surface area contributed by atoms with Crippen LogP contribution in [0.25, 0.3) is 0 Å². The second kappa shape index (κ2) is 12.8. The molecule has 3 rings (SSSR count). The van der Waals surface area contributed by atoms with Crippen LogP contribution in [-0.4, -0.2) is 48.6 Å². The highest BCUT2D eigenvalue weighted by Crippen LogP contribution is 2.28. The molecule has 2 aromatic rings. The Morgan fingerprint density at radius 1 is 1.29 bits per heavy atom. The van der Waals surface area contributed by atoms with Gasteiger partial charge in [0, 0.05) is 35.5 Å². The molecule has 3 heterocycles. The van der Waals surface area contributed by atoms with Gasteiger partial charge in [-0.3, -0.25) is 9.89 Å². The lowest BCUT2D eigenvalue weighted by Crippen LogP contribution is -2.39. The summed E-state index contributed by atoms with van der Waals surface area (Å²) >= 11 is 3.66. The highest BCUT2D eigenvalue weighted by atomic mass is 127. The van der Waals surface area contributed by atoms with Crippen molar-refractivity contribution in [2.45, 2.75) is 45.6 Å². The Bertz CT molecular complexity index is 695. The van der Waals surface area contributed by atoms with E-state index in [0.29, 0.717) is 6.04 Å². The van der Waals surface area contributed by atoms with Crippen molar-refractivity contribution in [3.63, 3.8) is 0 Å². The molecular formula is C20H32IN5S2. The van der Waals surface area contributed by atoms with E-state index in [-0.39, 0.29) is 24.0 Å². The number of aryl methyl sites for hydroxylation is 1. The van der Waals surface area contributed by atoms with Crippen LogP contribution in [0, 0.1) is 0 Å². The van der Waals surface area contributed by atoms with Crippen molar-refractivity contribution in [2.75, 3.05) is 32.7 Å². The van der Waals surface area contributed by atoms with Crippen molar-refractivity contribution in [1.29, 1.82) is 0 Å². The van der Waals surface area contributed by atoms with Gasteiger partial charge in [0.2, 0.25) is 0 Å². The number of rotatable bonds is 9. The molecule has 1 aliphatic heterocycles. The SMILES string of the molecule is CCNC(=NCC(c1cccs1)N1CCCC1)NCCc1ncc(CC)s1.I. The predicted octanol–water partition coefficient (Wildman–Crippen LogP) is 4.32. The van der Waals surface area contributed by atoms with Crippen molar-refractivity contribution < 1.29 is 0 Å². The van der Waals surface area contributed by atoms with E-state index in [4.69, 9.17) is 4.99 Å². The number of nitrogens with zero attached hydrogens (tertiary/aromatic N) is 3. The molecule has 1 saturated heterocycles. The van der Waals surface area contributed by atoms with Gasteiger partial charge in [-0.1, -0.05) is 13.0 Å². The Labute approximate surface area is 194 Å². The van der Waals surface area contributed by atoms with Crippen LogP contribution in [0.2, 0.25) is 0 Å². The summed E-state index contributed by atoms with van der Waals surface area (Å²) in [6, 6.07) is 4.79. The quantitative estimate of drug-likeness (QED) is 0.287. The Morgan fingerprint density at radius 3 is 2.75 bits per heavy atom. The maximum Gasteiger partial charge on any atom is 0.191 e. The highest BCUT2D eigenvalue weighted by molar-refractivity contribution is 14.0. The smallest absolute Gasteiger partial charge is 0.191 e. The summed E-state index contributed by atoms with van der Waals surface area (Å²) in [7, 11) is 0. The Kier molecular flexibility index (Phi) is 10.7. The van der Waals surface area contributed by atoms with Crippen LogP contribution in [0.5, 0.6) is 0 Å². The Hall–Kier alpha value is -0.710.